The van der Waals surface area contributed by atoms with E-state index < -0.39 is 24.1 Å². The minimum absolute atomic E-state index is 0.0277. The lowest BCUT2D eigenvalue weighted by Crippen LogP contribution is -2.23. The molecule has 1 aromatic heterocycles. The van der Waals surface area contributed by atoms with Gasteiger partial charge >= 0.3 is 11.7 Å². The number of carbonyl (C=O) groups is 1. The number of nitrogens with zero attached hydrogens (tertiary/aromatic N) is 2. The number of rotatable bonds is 5. The first-order valence-electron chi connectivity index (χ1n) is 8.51. The van der Waals surface area contributed by atoms with Crippen molar-refractivity contribution in [1.29, 1.82) is 0 Å². The summed E-state index contributed by atoms with van der Waals surface area (Å²) in [4.78, 5) is 24.1. The summed E-state index contributed by atoms with van der Waals surface area (Å²) in [7, 11) is 0. The van der Waals surface area contributed by atoms with E-state index in [1.54, 1.807) is 12.1 Å². The van der Waals surface area contributed by atoms with Gasteiger partial charge in [0.05, 0.1) is 6.61 Å². The summed E-state index contributed by atoms with van der Waals surface area (Å²) < 4.78 is 34.7. The van der Waals surface area contributed by atoms with E-state index in [1.165, 1.54) is 24.3 Å². The Balaban J connectivity index is 1.44. The van der Waals surface area contributed by atoms with Gasteiger partial charge in [-0.3, -0.25) is 4.79 Å². The fourth-order valence-electron chi connectivity index (χ4n) is 2.81. The fraction of sp³-hybridized carbons (Fsp3) is 0.211. The molecule has 1 aliphatic rings. The Bertz CT molecular complexity index is 1110. The summed E-state index contributed by atoms with van der Waals surface area (Å²) in [6.45, 7) is -0.108. The van der Waals surface area contributed by atoms with Gasteiger partial charge in [-0.15, -0.1) is 5.10 Å². The molecule has 0 radical (unpaired) electrons. The molecule has 0 atom stereocenters. The van der Waals surface area contributed by atoms with Crippen LogP contribution in [0.5, 0.6) is 5.75 Å². The molecule has 0 saturated heterocycles. The van der Waals surface area contributed by atoms with Gasteiger partial charge in [-0.05, 0) is 36.4 Å². The van der Waals surface area contributed by atoms with Crippen LogP contribution in [-0.4, -0.2) is 22.5 Å². The van der Waals surface area contributed by atoms with Crippen molar-refractivity contribution in [3.8, 4) is 17.2 Å². The Morgan fingerprint density at radius 2 is 2.07 bits per heavy atom. The summed E-state index contributed by atoms with van der Waals surface area (Å²) in [6.07, 6.45) is 0. The fourth-order valence-corrected chi connectivity index (χ4v) is 3.07. The van der Waals surface area contributed by atoms with Crippen molar-refractivity contribution in [2.75, 3.05) is 6.79 Å². The number of ether oxygens (including phenoxy) is 3. The second-order valence-corrected chi connectivity index (χ2v) is 6.60. The summed E-state index contributed by atoms with van der Waals surface area (Å²) in [5.41, 5.74) is 1.75. The highest BCUT2D eigenvalue weighted by molar-refractivity contribution is 6.30. The number of benzene rings is 2. The van der Waals surface area contributed by atoms with Crippen molar-refractivity contribution in [1.82, 2.24) is 9.78 Å². The van der Waals surface area contributed by atoms with Crippen molar-refractivity contribution >= 4 is 17.6 Å². The average molecular weight is 421 g/mol. The van der Waals surface area contributed by atoms with Gasteiger partial charge in [-0.1, -0.05) is 11.6 Å². The Kier molecular flexibility index (Phi) is 5.32. The molecule has 0 fully saturated rings. The van der Waals surface area contributed by atoms with E-state index in [0.717, 1.165) is 10.2 Å². The smallest absolute Gasteiger partial charge is 0.437 e. The first kappa shape index (κ1) is 19.2. The van der Waals surface area contributed by atoms with Gasteiger partial charge in [0.15, 0.2) is 6.79 Å². The lowest BCUT2D eigenvalue weighted by Gasteiger charge is -2.21. The Morgan fingerprint density at radius 1 is 1.28 bits per heavy atom. The molecular formula is C19H14ClFN2O6. The molecule has 0 aliphatic carbocycles. The molecule has 1 aliphatic heterocycles. The van der Waals surface area contributed by atoms with E-state index in [1.807, 2.05) is 0 Å². The van der Waals surface area contributed by atoms with E-state index in [2.05, 4.69) is 5.10 Å². The predicted octanol–water partition coefficient (Wildman–Crippen LogP) is 2.91. The first-order chi connectivity index (χ1) is 14.0. The van der Waals surface area contributed by atoms with Crippen molar-refractivity contribution < 1.29 is 27.8 Å². The second kappa shape index (κ2) is 8.06. The van der Waals surface area contributed by atoms with Crippen molar-refractivity contribution in [2.24, 2.45) is 0 Å². The van der Waals surface area contributed by atoms with Gasteiger partial charge in [0.1, 0.15) is 24.7 Å². The Morgan fingerprint density at radius 3 is 2.86 bits per heavy atom. The number of aromatic nitrogens is 2. The molecule has 150 valence electrons. The molecule has 0 amide bonds. The van der Waals surface area contributed by atoms with Gasteiger partial charge < -0.3 is 18.6 Å². The van der Waals surface area contributed by atoms with Gasteiger partial charge in [-0.25, -0.2) is 9.18 Å². The van der Waals surface area contributed by atoms with Crippen LogP contribution in [0.2, 0.25) is 5.02 Å². The van der Waals surface area contributed by atoms with E-state index in [-0.39, 0.29) is 19.3 Å². The monoisotopic (exact) mass is 420 g/mol. The molecule has 4 rings (SSSR count). The number of esters is 1. The molecule has 3 aromatic rings. The van der Waals surface area contributed by atoms with Crippen LogP contribution in [0.15, 0.2) is 45.6 Å². The molecule has 29 heavy (non-hydrogen) atoms. The highest BCUT2D eigenvalue weighted by atomic mass is 35.5. The highest BCUT2D eigenvalue weighted by Gasteiger charge is 2.19. The zero-order valence-electron chi connectivity index (χ0n) is 14.9. The van der Waals surface area contributed by atoms with Crippen molar-refractivity contribution in [3.05, 3.63) is 68.9 Å². The van der Waals surface area contributed by atoms with Crippen molar-refractivity contribution in [2.45, 2.75) is 19.8 Å². The Labute approximate surface area is 168 Å². The maximum absolute atomic E-state index is 13.0. The van der Waals surface area contributed by atoms with E-state index in [9.17, 15) is 14.0 Å². The van der Waals surface area contributed by atoms with E-state index in [4.69, 9.17) is 30.2 Å². The van der Waals surface area contributed by atoms with Crippen LogP contribution in [0.3, 0.4) is 0 Å². The topological polar surface area (TPSA) is 92.8 Å². The summed E-state index contributed by atoms with van der Waals surface area (Å²) in [5.74, 6) is -1.43. The number of carbonyl (C=O) groups excluding carboxylic acids is 1. The van der Waals surface area contributed by atoms with Crippen LogP contribution >= 0.6 is 11.6 Å². The average Bonchev–Trinajstić information content (AvgIpc) is 3.06. The molecule has 10 heteroatoms. The minimum Gasteiger partial charge on any atom is -0.467 e. The maximum Gasteiger partial charge on any atom is 0.437 e. The van der Waals surface area contributed by atoms with Crippen LogP contribution in [0, 0.1) is 5.82 Å². The molecule has 2 heterocycles. The third-order valence-corrected chi connectivity index (χ3v) is 4.33. The zero-order chi connectivity index (χ0) is 20.4. The van der Waals surface area contributed by atoms with E-state index >= 15 is 0 Å². The van der Waals surface area contributed by atoms with E-state index in [0.29, 0.717) is 28.5 Å². The van der Waals surface area contributed by atoms with Gasteiger partial charge in [0.25, 0.3) is 0 Å². The van der Waals surface area contributed by atoms with Crippen LogP contribution in [-0.2, 0) is 34.0 Å². The van der Waals surface area contributed by atoms with Crippen LogP contribution < -0.4 is 10.5 Å². The van der Waals surface area contributed by atoms with Crippen LogP contribution in [0.1, 0.15) is 11.1 Å². The van der Waals surface area contributed by atoms with Gasteiger partial charge in [0, 0.05) is 21.7 Å². The zero-order valence-corrected chi connectivity index (χ0v) is 15.6. The molecule has 0 saturated carbocycles. The van der Waals surface area contributed by atoms with Gasteiger partial charge in [-0.2, -0.15) is 4.68 Å². The molecule has 0 bridgehead atoms. The lowest BCUT2D eigenvalue weighted by molar-refractivity contribution is -0.146. The standard InChI is InChI=1S/C19H14ClFN2O6/c20-14-5-12-8-26-10-28-17(12)13(6-14)9-27-16(24)7-23-19(25)29-18(22-23)11-1-3-15(21)4-2-11/h1-6H,7-10H2. The summed E-state index contributed by atoms with van der Waals surface area (Å²) in [5, 5.41) is 4.40. The summed E-state index contributed by atoms with van der Waals surface area (Å²) >= 11 is 6.08. The highest BCUT2D eigenvalue weighted by Crippen LogP contribution is 2.32. The van der Waals surface area contributed by atoms with Crippen LogP contribution in [0.25, 0.3) is 11.5 Å². The SMILES string of the molecule is O=C(Cn1nc(-c2ccc(F)cc2)oc1=O)OCc1cc(Cl)cc2c1OCOC2. The predicted molar refractivity (Wildman–Crippen MR) is 97.7 cm³/mol. The maximum atomic E-state index is 13.0. The number of hydrogen-bond acceptors (Lipinski definition) is 7. The Hall–Kier alpha value is -3.17. The first-order valence-corrected chi connectivity index (χ1v) is 8.89. The quantitative estimate of drug-likeness (QED) is 0.586. The molecule has 2 aromatic carbocycles. The normalized spacial score (nSPS) is 12.9. The molecule has 8 nitrogen and oxygen atoms in total. The number of halogens is 2. The second-order valence-electron chi connectivity index (χ2n) is 6.16. The third-order valence-electron chi connectivity index (χ3n) is 4.12. The lowest BCUT2D eigenvalue weighted by atomic mass is 10.1. The largest absolute Gasteiger partial charge is 0.467 e. The third kappa shape index (κ3) is 4.30. The molecule has 0 N–H and O–H groups in total. The van der Waals surface area contributed by atoms with Gasteiger partial charge in [0.2, 0.25) is 5.89 Å². The molecular weight excluding hydrogens is 407 g/mol. The van der Waals surface area contributed by atoms with Crippen LogP contribution in [0.4, 0.5) is 4.39 Å². The molecule has 0 spiro atoms. The minimum atomic E-state index is -0.832. The summed E-state index contributed by atoms with van der Waals surface area (Å²) in [6, 6.07) is 8.59. The number of hydrogen-bond donors (Lipinski definition) is 0. The number of fused-ring (bicyclic) bond motifs is 1. The molecule has 0 unspecified atom stereocenters. The van der Waals surface area contributed by atoms with Crippen molar-refractivity contribution in [3.63, 3.8) is 0 Å².